The van der Waals surface area contributed by atoms with Crippen LogP contribution in [0.2, 0.25) is 0 Å². The fraction of sp³-hybridized carbons (Fsp3) is 0.143. The zero-order valence-electron chi connectivity index (χ0n) is 10.9. The molecule has 0 saturated heterocycles. The second-order valence-corrected chi connectivity index (χ2v) is 4.27. The van der Waals surface area contributed by atoms with Gasteiger partial charge in [-0.15, -0.1) is 0 Å². The number of esters is 1. The number of fused-ring (bicyclic) bond motifs is 1. The molecular formula is C14H11N3O4. The maximum Gasteiger partial charge on any atom is 0.339 e. The Morgan fingerprint density at radius 1 is 1.33 bits per heavy atom. The molecule has 2 heterocycles. The molecule has 0 radical (unpaired) electrons. The van der Waals surface area contributed by atoms with Gasteiger partial charge in [-0.1, -0.05) is 18.2 Å². The first-order valence-electron chi connectivity index (χ1n) is 6.26. The molecule has 1 aromatic carbocycles. The lowest BCUT2D eigenvalue weighted by molar-refractivity contribution is 0.0489. The van der Waals surface area contributed by atoms with Crippen LogP contribution < -0.4 is 5.63 Å². The van der Waals surface area contributed by atoms with Crippen LogP contribution in [0.25, 0.3) is 11.0 Å². The van der Waals surface area contributed by atoms with Gasteiger partial charge in [0.1, 0.15) is 24.8 Å². The Morgan fingerprint density at radius 2 is 2.19 bits per heavy atom. The predicted octanol–water partition coefficient (Wildman–Crippen LogP) is 1.24. The number of rotatable bonds is 4. The van der Waals surface area contributed by atoms with Gasteiger partial charge in [-0.05, 0) is 6.07 Å². The molecule has 0 atom stereocenters. The van der Waals surface area contributed by atoms with Gasteiger partial charge in [-0.3, -0.25) is 0 Å². The van der Waals surface area contributed by atoms with Crippen molar-refractivity contribution in [3.05, 3.63) is 59.0 Å². The van der Waals surface area contributed by atoms with E-state index >= 15 is 0 Å². The Hall–Kier alpha value is -2.96. The highest BCUT2D eigenvalue weighted by Crippen LogP contribution is 2.17. The molecular weight excluding hydrogens is 274 g/mol. The number of aromatic nitrogens is 3. The summed E-state index contributed by atoms with van der Waals surface area (Å²) in [5, 5.41) is 4.44. The number of carbonyl (C=O) groups excluding carboxylic acids is 1. The third kappa shape index (κ3) is 2.81. The van der Waals surface area contributed by atoms with Gasteiger partial charge in [-0.2, -0.15) is 5.10 Å². The van der Waals surface area contributed by atoms with Crippen LogP contribution in [0.4, 0.5) is 0 Å². The normalized spacial score (nSPS) is 10.7. The summed E-state index contributed by atoms with van der Waals surface area (Å²) in [5.74, 6) is -0.570. The van der Waals surface area contributed by atoms with E-state index in [4.69, 9.17) is 9.15 Å². The number of hydrogen-bond donors (Lipinski definition) is 0. The number of ether oxygens (including phenoxy) is 1. The Kier molecular flexibility index (Phi) is 3.46. The Bertz CT molecular complexity index is 824. The van der Waals surface area contributed by atoms with Gasteiger partial charge < -0.3 is 9.15 Å². The van der Waals surface area contributed by atoms with Crippen molar-refractivity contribution in [3.63, 3.8) is 0 Å². The van der Waals surface area contributed by atoms with Gasteiger partial charge in [0.25, 0.3) is 0 Å². The molecule has 2 aromatic heterocycles. The molecule has 0 aliphatic carbocycles. The fourth-order valence-electron chi connectivity index (χ4n) is 1.94. The number of hydrogen-bond acceptors (Lipinski definition) is 6. The number of para-hydroxylation sites is 1. The maximum absolute atomic E-state index is 12.1. The highest BCUT2D eigenvalue weighted by molar-refractivity contribution is 6.02. The van der Waals surface area contributed by atoms with Gasteiger partial charge >= 0.3 is 11.6 Å². The smallest absolute Gasteiger partial charge is 0.339 e. The quantitative estimate of drug-likeness (QED) is 0.529. The summed E-state index contributed by atoms with van der Waals surface area (Å²) in [4.78, 5) is 27.4. The van der Waals surface area contributed by atoms with Crippen LogP contribution in [0.5, 0.6) is 0 Å². The minimum absolute atomic E-state index is 0.136. The van der Waals surface area contributed by atoms with Crippen molar-refractivity contribution in [2.24, 2.45) is 0 Å². The van der Waals surface area contributed by atoms with Crippen molar-refractivity contribution in [1.82, 2.24) is 14.8 Å². The minimum atomic E-state index is -0.586. The zero-order chi connectivity index (χ0) is 14.7. The van der Waals surface area contributed by atoms with Crippen LogP contribution in [0.3, 0.4) is 0 Å². The van der Waals surface area contributed by atoms with Crippen LogP contribution in [-0.2, 0) is 11.3 Å². The van der Waals surface area contributed by atoms with E-state index in [9.17, 15) is 9.59 Å². The molecule has 0 N–H and O–H groups in total. The number of benzene rings is 1. The molecule has 0 bridgehead atoms. The molecule has 3 aromatic rings. The van der Waals surface area contributed by atoms with Crippen molar-refractivity contribution in [2.75, 3.05) is 6.61 Å². The molecule has 7 nitrogen and oxygen atoms in total. The average Bonchev–Trinajstić information content (AvgIpc) is 2.99. The molecule has 0 fully saturated rings. The SMILES string of the molecule is O=C(OCCn1cncn1)c1cc(=O)oc2ccccc12. The van der Waals surface area contributed by atoms with E-state index in [0.29, 0.717) is 17.5 Å². The maximum atomic E-state index is 12.1. The topological polar surface area (TPSA) is 87.2 Å². The summed E-state index contributed by atoms with van der Waals surface area (Å²) in [6, 6.07) is 7.95. The molecule has 0 amide bonds. The number of nitrogens with zero attached hydrogens (tertiary/aromatic N) is 3. The van der Waals surface area contributed by atoms with Gasteiger partial charge in [-0.25, -0.2) is 19.3 Å². The van der Waals surface area contributed by atoms with E-state index in [1.807, 2.05) is 0 Å². The second-order valence-electron chi connectivity index (χ2n) is 4.27. The lowest BCUT2D eigenvalue weighted by Gasteiger charge is -2.06. The predicted molar refractivity (Wildman–Crippen MR) is 72.8 cm³/mol. The zero-order valence-corrected chi connectivity index (χ0v) is 10.9. The Morgan fingerprint density at radius 3 is 3.00 bits per heavy atom. The first kappa shape index (κ1) is 13.0. The monoisotopic (exact) mass is 285 g/mol. The van der Waals surface area contributed by atoms with Crippen molar-refractivity contribution in [1.29, 1.82) is 0 Å². The van der Waals surface area contributed by atoms with E-state index in [0.717, 1.165) is 6.07 Å². The van der Waals surface area contributed by atoms with Crippen LogP contribution >= 0.6 is 0 Å². The minimum Gasteiger partial charge on any atom is -0.460 e. The largest absolute Gasteiger partial charge is 0.460 e. The molecule has 0 saturated carbocycles. The second kappa shape index (κ2) is 5.58. The third-order valence-corrected chi connectivity index (χ3v) is 2.89. The average molecular weight is 285 g/mol. The third-order valence-electron chi connectivity index (χ3n) is 2.89. The summed E-state index contributed by atoms with van der Waals surface area (Å²) >= 11 is 0. The van der Waals surface area contributed by atoms with Crippen LogP contribution in [0, 0.1) is 0 Å². The molecule has 3 rings (SSSR count). The van der Waals surface area contributed by atoms with E-state index < -0.39 is 11.6 Å². The summed E-state index contributed by atoms with van der Waals surface area (Å²) in [7, 11) is 0. The van der Waals surface area contributed by atoms with E-state index in [1.165, 1.54) is 12.7 Å². The Balaban J connectivity index is 1.79. The van der Waals surface area contributed by atoms with Gasteiger partial charge in [0.15, 0.2) is 0 Å². The Labute approximate surface area is 118 Å². The van der Waals surface area contributed by atoms with E-state index in [2.05, 4.69) is 10.1 Å². The van der Waals surface area contributed by atoms with Crippen LogP contribution in [-0.4, -0.2) is 27.3 Å². The molecule has 21 heavy (non-hydrogen) atoms. The molecule has 0 aliphatic rings. The lowest BCUT2D eigenvalue weighted by Crippen LogP contribution is -2.14. The first-order chi connectivity index (χ1) is 10.2. The standard InChI is InChI=1S/C14H11N3O4/c18-13-7-11(10-3-1-2-4-12(10)21-13)14(19)20-6-5-17-9-15-8-16-17/h1-4,7-9H,5-6H2. The molecule has 7 heteroatoms. The number of carbonyl (C=O) groups is 1. The van der Waals surface area contributed by atoms with Crippen LogP contribution in [0.15, 0.2) is 52.2 Å². The van der Waals surface area contributed by atoms with Gasteiger partial charge in [0.2, 0.25) is 0 Å². The summed E-state index contributed by atoms with van der Waals surface area (Å²) < 4.78 is 11.7. The van der Waals surface area contributed by atoms with Crippen molar-refractivity contribution < 1.29 is 13.9 Å². The van der Waals surface area contributed by atoms with Crippen molar-refractivity contribution >= 4 is 16.9 Å². The molecule has 0 spiro atoms. The van der Waals surface area contributed by atoms with E-state index in [-0.39, 0.29) is 12.2 Å². The van der Waals surface area contributed by atoms with Crippen molar-refractivity contribution in [2.45, 2.75) is 6.54 Å². The highest BCUT2D eigenvalue weighted by atomic mass is 16.5. The van der Waals surface area contributed by atoms with Crippen molar-refractivity contribution in [3.8, 4) is 0 Å². The highest BCUT2D eigenvalue weighted by Gasteiger charge is 2.14. The summed E-state index contributed by atoms with van der Waals surface area (Å²) in [5.41, 5.74) is -0.0365. The summed E-state index contributed by atoms with van der Waals surface area (Å²) in [6.07, 6.45) is 2.93. The molecule has 106 valence electrons. The molecule has 0 unspecified atom stereocenters. The molecule has 0 aliphatic heterocycles. The first-order valence-corrected chi connectivity index (χ1v) is 6.26. The fourth-order valence-corrected chi connectivity index (χ4v) is 1.94. The lowest BCUT2D eigenvalue weighted by atomic mass is 10.1. The van der Waals surface area contributed by atoms with Crippen LogP contribution in [0.1, 0.15) is 10.4 Å². The summed E-state index contributed by atoms with van der Waals surface area (Å²) in [6.45, 7) is 0.530. The van der Waals surface area contributed by atoms with E-state index in [1.54, 1.807) is 28.9 Å². The van der Waals surface area contributed by atoms with Gasteiger partial charge in [0, 0.05) is 11.5 Å². The van der Waals surface area contributed by atoms with Gasteiger partial charge in [0.05, 0.1) is 12.1 Å².